The highest BCUT2D eigenvalue weighted by Crippen LogP contribution is 2.45. The van der Waals surface area contributed by atoms with Crippen LogP contribution in [-0.4, -0.2) is 36.3 Å². The lowest BCUT2D eigenvalue weighted by atomic mass is 10.0. The molecule has 1 unspecified atom stereocenters. The van der Waals surface area contributed by atoms with Crippen molar-refractivity contribution in [1.29, 1.82) is 0 Å². The van der Waals surface area contributed by atoms with E-state index in [1.54, 1.807) is 34.8 Å². The Labute approximate surface area is 187 Å². The zero-order valence-electron chi connectivity index (χ0n) is 17.5. The van der Waals surface area contributed by atoms with Crippen molar-refractivity contribution in [3.8, 4) is 0 Å². The third-order valence-electron chi connectivity index (χ3n) is 5.73. The van der Waals surface area contributed by atoms with Gasteiger partial charge in [-0.3, -0.25) is 19.4 Å². The van der Waals surface area contributed by atoms with Crippen LogP contribution >= 0.6 is 11.6 Å². The van der Waals surface area contributed by atoms with Crippen molar-refractivity contribution in [3.63, 3.8) is 0 Å². The third-order valence-corrected chi connectivity index (χ3v) is 5.98. The lowest BCUT2D eigenvalue weighted by Gasteiger charge is -2.27. The normalized spacial score (nSPS) is 15.4. The molecule has 0 bridgehead atoms. The smallest absolute Gasteiger partial charge is 0.409 e. The molecule has 10 heteroatoms. The first-order valence-electron chi connectivity index (χ1n) is 9.86. The van der Waals surface area contributed by atoms with Crippen molar-refractivity contribution < 1.29 is 14.7 Å². The minimum Gasteiger partial charge on any atom is -0.465 e. The molecule has 162 valence electrons. The molecule has 1 aliphatic rings. The number of carbonyl (C=O) groups is 2. The zero-order valence-corrected chi connectivity index (χ0v) is 18.3. The van der Waals surface area contributed by atoms with Crippen molar-refractivity contribution in [3.05, 3.63) is 76.0 Å². The molecule has 4 aromatic rings. The van der Waals surface area contributed by atoms with Gasteiger partial charge in [0.25, 0.3) is 5.91 Å². The van der Waals surface area contributed by atoms with E-state index in [0.29, 0.717) is 33.4 Å². The van der Waals surface area contributed by atoms with Crippen LogP contribution in [0.15, 0.2) is 42.7 Å². The number of aryl methyl sites for hydroxylation is 3. The summed E-state index contributed by atoms with van der Waals surface area (Å²) in [6.07, 6.45) is 2.22. The molecule has 2 N–H and O–H groups in total. The van der Waals surface area contributed by atoms with Gasteiger partial charge in [-0.05, 0) is 43.2 Å². The van der Waals surface area contributed by atoms with Crippen LogP contribution in [0.5, 0.6) is 0 Å². The Morgan fingerprint density at radius 3 is 2.56 bits per heavy atom. The maximum atomic E-state index is 13.7. The number of hydrogen-bond donors (Lipinski definition) is 2. The first kappa shape index (κ1) is 20.1. The van der Waals surface area contributed by atoms with Crippen molar-refractivity contribution in [2.75, 3.05) is 10.2 Å². The van der Waals surface area contributed by atoms with Gasteiger partial charge in [0.2, 0.25) is 0 Å². The molecule has 1 atom stereocenters. The molecule has 4 heterocycles. The number of carboxylic acid groups (broad SMARTS) is 1. The van der Waals surface area contributed by atoms with E-state index >= 15 is 0 Å². The van der Waals surface area contributed by atoms with Crippen LogP contribution < -0.4 is 10.2 Å². The number of benzene rings is 1. The second-order valence-electron chi connectivity index (χ2n) is 7.80. The summed E-state index contributed by atoms with van der Waals surface area (Å²) in [7, 11) is 1.80. The Balaban J connectivity index is 1.75. The summed E-state index contributed by atoms with van der Waals surface area (Å²) in [6.45, 7) is 3.75. The SMILES string of the molecule is Cc1cc(N2C(=O)c3c(NC(=O)O)cn(C)c3C2c2ccc(Cl)cc2)cn2c(C)nnc12. The average Bonchev–Trinajstić information content (AvgIpc) is 3.36. The maximum Gasteiger partial charge on any atom is 0.409 e. The summed E-state index contributed by atoms with van der Waals surface area (Å²) in [5.74, 6) is 0.402. The second-order valence-corrected chi connectivity index (χ2v) is 8.23. The minimum absolute atomic E-state index is 0.250. The fourth-order valence-corrected chi connectivity index (χ4v) is 4.49. The number of hydrogen-bond acceptors (Lipinski definition) is 4. The summed E-state index contributed by atoms with van der Waals surface area (Å²) in [5, 5.41) is 20.6. The van der Waals surface area contributed by atoms with Crippen molar-refractivity contribution >= 4 is 40.6 Å². The van der Waals surface area contributed by atoms with Crippen LogP contribution in [0.1, 0.15) is 39.0 Å². The molecular formula is C22H19ClN6O3. The zero-order chi connectivity index (χ0) is 22.7. The van der Waals surface area contributed by atoms with Crippen molar-refractivity contribution in [1.82, 2.24) is 19.2 Å². The van der Waals surface area contributed by atoms with Crippen molar-refractivity contribution in [2.45, 2.75) is 19.9 Å². The van der Waals surface area contributed by atoms with E-state index in [2.05, 4.69) is 15.5 Å². The predicted molar refractivity (Wildman–Crippen MR) is 120 cm³/mol. The Kier molecular flexibility index (Phi) is 4.45. The number of nitrogens with one attached hydrogen (secondary N) is 1. The molecule has 1 aromatic carbocycles. The first-order valence-corrected chi connectivity index (χ1v) is 10.2. The number of aromatic nitrogens is 4. The van der Waals surface area contributed by atoms with E-state index in [4.69, 9.17) is 11.6 Å². The largest absolute Gasteiger partial charge is 0.465 e. The van der Waals surface area contributed by atoms with E-state index in [-0.39, 0.29) is 11.6 Å². The quantitative estimate of drug-likeness (QED) is 0.487. The Bertz CT molecular complexity index is 1410. The summed E-state index contributed by atoms with van der Waals surface area (Å²) < 4.78 is 3.63. The van der Waals surface area contributed by atoms with Crippen LogP contribution in [0.25, 0.3) is 5.65 Å². The van der Waals surface area contributed by atoms with Gasteiger partial charge in [-0.25, -0.2) is 4.79 Å². The number of amides is 2. The Morgan fingerprint density at radius 2 is 1.88 bits per heavy atom. The van der Waals surface area contributed by atoms with Crippen LogP contribution in [0.3, 0.4) is 0 Å². The first-order chi connectivity index (χ1) is 15.3. The minimum atomic E-state index is -1.23. The number of rotatable bonds is 3. The van der Waals surface area contributed by atoms with E-state index < -0.39 is 12.1 Å². The van der Waals surface area contributed by atoms with E-state index in [0.717, 1.165) is 11.1 Å². The number of nitrogens with zero attached hydrogens (tertiary/aromatic N) is 5. The second kappa shape index (κ2) is 7.10. The molecule has 9 nitrogen and oxygen atoms in total. The molecule has 5 rings (SSSR count). The lowest BCUT2D eigenvalue weighted by Crippen LogP contribution is -2.30. The van der Waals surface area contributed by atoms with Gasteiger partial charge in [0, 0.05) is 24.5 Å². The number of anilines is 2. The summed E-state index contributed by atoms with van der Waals surface area (Å²) >= 11 is 6.11. The molecule has 0 saturated carbocycles. The van der Waals surface area contributed by atoms with Gasteiger partial charge in [0.1, 0.15) is 11.9 Å². The Morgan fingerprint density at radius 1 is 1.16 bits per heavy atom. The van der Waals surface area contributed by atoms with E-state index in [9.17, 15) is 14.7 Å². The molecule has 32 heavy (non-hydrogen) atoms. The van der Waals surface area contributed by atoms with Crippen LogP contribution in [0.4, 0.5) is 16.2 Å². The topological polar surface area (TPSA) is 105 Å². The van der Waals surface area contributed by atoms with Gasteiger partial charge in [0.05, 0.1) is 22.6 Å². The van der Waals surface area contributed by atoms with Gasteiger partial charge in [0.15, 0.2) is 5.65 Å². The van der Waals surface area contributed by atoms with Crippen LogP contribution in [-0.2, 0) is 7.05 Å². The predicted octanol–water partition coefficient (Wildman–Crippen LogP) is 4.18. The summed E-state index contributed by atoms with van der Waals surface area (Å²) in [4.78, 5) is 26.8. The van der Waals surface area contributed by atoms with Gasteiger partial charge in [-0.15, -0.1) is 10.2 Å². The molecule has 0 saturated heterocycles. The highest BCUT2D eigenvalue weighted by atomic mass is 35.5. The van der Waals surface area contributed by atoms with Gasteiger partial charge in [-0.1, -0.05) is 23.7 Å². The maximum absolute atomic E-state index is 13.7. The molecule has 2 amide bonds. The Hall–Kier alpha value is -3.85. The van der Waals surface area contributed by atoms with E-state index in [1.807, 2.05) is 42.6 Å². The molecule has 1 aliphatic heterocycles. The number of fused-ring (bicyclic) bond motifs is 2. The van der Waals surface area contributed by atoms with Gasteiger partial charge < -0.3 is 9.67 Å². The molecule has 0 aliphatic carbocycles. The van der Waals surface area contributed by atoms with Gasteiger partial charge >= 0.3 is 6.09 Å². The lowest BCUT2D eigenvalue weighted by molar-refractivity contribution is 0.0994. The highest BCUT2D eigenvalue weighted by molar-refractivity contribution is 6.30. The van der Waals surface area contributed by atoms with Crippen molar-refractivity contribution in [2.24, 2.45) is 7.05 Å². The summed E-state index contributed by atoms with van der Waals surface area (Å²) in [6, 6.07) is 8.70. The molecule has 0 fully saturated rings. The van der Waals surface area contributed by atoms with Crippen LogP contribution in [0.2, 0.25) is 5.02 Å². The molecular weight excluding hydrogens is 432 g/mol. The molecule has 3 aromatic heterocycles. The fourth-order valence-electron chi connectivity index (χ4n) is 4.37. The average molecular weight is 451 g/mol. The number of halogens is 1. The highest BCUT2D eigenvalue weighted by Gasteiger charge is 2.43. The van der Waals surface area contributed by atoms with Crippen LogP contribution in [0, 0.1) is 13.8 Å². The fraction of sp³-hybridized carbons (Fsp3) is 0.182. The molecule has 0 spiro atoms. The monoisotopic (exact) mass is 450 g/mol. The number of pyridine rings is 1. The van der Waals surface area contributed by atoms with Gasteiger partial charge in [-0.2, -0.15) is 0 Å². The number of carbonyl (C=O) groups excluding carboxylic acids is 1. The van der Waals surface area contributed by atoms with E-state index in [1.165, 1.54) is 0 Å². The standard InChI is InChI=1S/C22H19ClN6O3/c1-11-8-15(9-28-12(2)25-26-20(11)28)29-18(13-4-6-14(23)7-5-13)19-17(21(29)30)16(10-27(19)3)24-22(31)32/h4-10,18,24H,1-3H3,(H,31,32). The summed E-state index contributed by atoms with van der Waals surface area (Å²) in [5.41, 5.74) is 4.35. The third kappa shape index (κ3) is 2.93. The molecule has 0 radical (unpaired) electrons.